The maximum atomic E-state index is 12.1. The molecule has 1 heterocycles. The number of hydrogen-bond donors (Lipinski definition) is 3. The highest BCUT2D eigenvalue weighted by Crippen LogP contribution is 2.38. The van der Waals surface area contributed by atoms with Gasteiger partial charge in [0.25, 0.3) is 5.91 Å². The molecule has 0 fully saturated rings. The van der Waals surface area contributed by atoms with Gasteiger partial charge in [-0.05, 0) is 24.8 Å². The van der Waals surface area contributed by atoms with Crippen molar-refractivity contribution in [3.05, 3.63) is 16.0 Å². The number of aryl methyl sites for hydroxylation is 1. The van der Waals surface area contributed by atoms with Gasteiger partial charge in [0.15, 0.2) is 0 Å². The topological polar surface area (TPSA) is 84.2 Å². The van der Waals surface area contributed by atoms with E-state index < -0.39 is 0 Å². The number of carbonyl (C=O) groups excluding carboxylic acids is 2. The van der Waals surface area contributed by atoms with Crippen LogP contribution in [-0.2, 0) is 17.6 Å². The zero-order chi connectivity index (χ0) is 13.1. The lowest BCUT2D eigenvalue weighted by Gasteiger charge is -2.07. The van der Waals surface area contributed by atoms with Crippen LogP contribution in [0.2, 0.25) is 0 Å². The second kappa shape index (κ2) is 5.49. The zero-order valence-corrected chi connectivity index (χ0v) is 11.2. The molecule has 18 heavy (non-hydrogen) atoms. The van der Waals surface area contributed by atoms with Gasteiger partial charge in [-0.3, -0.25) is 9.59 Å². The molecule has 5 nitrogen and oxygen atoms in total. The van der Waals surface area contributed by atoms with E-state index in [1.165, 1.54) is 23.1 Å². The van der Waals surface area contributed by atoms with Crippen LogP contribution in [0.15, 0.2) is 0 Å². The highest BCUT2D eigenvalue weighted by atomic mass is 32.1. The lowest BCUT2D eigenvalue weighted by molar-refractivity contribution is -0.114. The van der Waals surface area contributed by atoms with E-state index in [2.05, 4.69) is 10.6 Å². The number of fused-ring (bicyclic) bond motifs is 1. The number of anilines is 1. The minimum absolute atomic E-state index is 0.136. The summed E-state index contributed by atoms with van der Waals surface area (Å²) < 4.78 is 0. The van der Waals surface area contributed by atoms with Crippen LogP contribution in [-0.4, -0.2) is 24.9 Å². The van der Waals surface area contributed by atoms with Crippen molar-refractivity contribution in [3.63, 3.8) is 0 Å². The van der Waals surface area contributed by atoms with Crippen molar-refractivity contribution < 1.29 is 9.59 Å². The van der Waals surface area contributed by atoms with E-state index >= 15 is 0 Å². The van der Waals surface area contributed by atoms with Gasteiger partial charge < -0.3 is 16.4 Å². The monoisotopic (exact) mass is 267 g/mol. The van der Waals surface area contributed by atoms with Crippen molar-refractivity contribution in [2.24, 2.45) is 5.73 Å². The lowest BCUT2D eigenvalue weighted by Crippen LogP contribution is -2.30. The van der Waals surface area contributed by atoms with Gasteiger partial charge in [0.2, 0.25) is 5.91 Å². The first kappa shape index (κ1) is 13.0. The number of nitrogens with two attached hydrogens (primary N) is 1. The van der Waals surface area contributed by atoms with Gasteiger partial charge in [0, 0.05) is 24.9 Å². The third-order valence-electron chi connectivity index (χ3n) is 2.87. The number of carbonyl (C=O) groups is 2. The molecule has 2 rings (SSSR count). The van der Waals surface area contributed by atoms with Gasteiger partial charge in [0.05, 0.1) is 5.56 Å². The van der Waals surface area contributed by atoms with Gasteiger partial charge in [0.1, 0.15) is 5.00 Å². The Labute approximate surface area is 110 Å². The van der Waals surface area contributed by atoms with Crippen LogP contribution < -0.4 is 16.4 Å². The lowest BCUT2D eigenvalue weighted by atomic mass is 10.1. The van der Waals surface area contributed by atoms with Crippen LogP contribution in [0.4, 0.5) is 5.00 Å². The smallest absolute Gasteiger partial charge is 0.254 e. The Balaban J connectivity index is 2.30. The molecular formula is C12H17N3O2S. The normalized spacial score (nSPS) is 13.2. The highest BCUT2D eigenvalue weighted by Gasteiger charge is 2.26. The van der Waals surface area contributed by atoms with Crippen molar-refractivity contribution in [1.29, 1.82) is 0 Å². The second-order valence-corrected chi connectivity index (χ2v) is 5.39. The first-order valence-corrected chi connectivity index (χ1v) is 6.85. The quantitative estimate of drug-likeness (QED) is 0.757. The fourth-order valence-corrected chi connectivity index (χ4v) is 3.50. The van der Waals surface area contributed by atoms with Gasteiger partial charge >= 0.3 is 0 Å². The molecule has 0 aromatic carbocycles. The summed E-state index contributed by atoms with van der Waals surface area (Å²) >= 11 is 1.51. The van der Waals surface area contributed by atoms with Crippen LogP contribution in [0.25, 0.3) is 0 Å². The summed E-state index contributed by atoms with van der Waals surface area (Å²) in [4.78, 5) is 24.5. The molecule has 0 saturated heterocycles. The molecule has 1 aliphatic rings. The molecule has 1 aromatic rings. The number of nitrogens with one attached hydrogen (secondary N) is 2. The standard InChI is InChI=1S/C12H17N3O2S/c1-7(16)15-12-10(11(17)14-6-5-13)8-3-2-4-9(8)18-12/h2-6,13H2,1H3,(H,14,17)(H,15,16). The van der Waals surface area contributed by atoms with E-state index in [9.17, 15) is 9.59 Å². The molecule has 0 radical (unpaired) electrons. The SMILES string of the molecule is CC(=O)Nc1sc2c(c1C(=O)NCCN)CCC2. The van der Waals surface area contributed by atoms with Crippen LogP contribution in [0.3, 0.4) is 0 Å². The fraction of sp³-hybridized carbons (Fsp3) is 0.500. The van der Waals surface area contributed by atoms with Crippen molar-refractivity contribution in [2.45, 2.75) is 26.2 Å². The minimum atomic E-state index is -0.150. The van der Waals surface area contributed by atoms with E-state index in [1.54, 1.807) is 0 Å². The maximum absolute atomic E-state index is 12.1. The fourth-order valence-electron chi connectivity index (χ4n) is 2.17. The molecule has 6 heteroatoms. The molecule has 98 valence electrons. The number of rotatable bonds is 4. The summed E-state index contributed by atoms with van der Waals surface area (Å²) in [5.41, 5.74) is 7.11. The Kier molecular flexibility index (Phi) is 3.98. The average molecular weight is 267 g/mol. The van der Waals surface area contributed by atoms with Gasteiger partial charge in [-0.2, -0.15) is 0 Å². The van der Waals surface area contributed by atoms with E-state index in [1.807, 2.05) is 0 Å². The molecule has 1 aliphatic carbocycles. The van der Waals surface area contributed by atoms with Crippen molar-refractivity contribution >= 4 is 28.2 Å². The van der Waals surface area contributed by atoms with Crippen LogP contribution in [0.1, 0.15) is 34.1 Å². The van der Waals surface area contributed by atoms with E-state index in [0.29, 0.717) is 23.7 Å². The Morgan fingerprint density at radius 3 is 2.83 bits per heavy atom. The van der Waals surface area contributed by atoms with Gasteiger partial charge in [-0.15, -0.1) is 11.3 Å². The maximum Gasteiger partial charge on any atom is 0.254 e. The van der Waals surface area contributed by atoms with Crippen molar-refractivity contribution in [1.82, 2.24) is 5.32 Å². The molecule has 0 saturated carbocycles. The number of amides is 2. The molecule has 0 aliphatic heterocycles. The summed E-state index contributed by atoms with van der Waals surface area (Å²) in [5, 5.41) is 6.19. The number of thiophene rings is 1. The van der Waals surface area contributed by atoms with Crippen LogP contribution >= 0.6 is 11.3 Å². The molecule has 0 spiro atoms. The second-order valence-electron chi connectivity index (χ2n) is 4.29. The predicted octanol–water partition coefficient (Wildman–Crippen LogP) is 0.884. The third-order valence-corrected chi connectivity index (χ3v) is 4.08. The molecule has 1 aromatic heterocycles. The predicted molar refractivity (Wildman–Crippen MR) is 72.0 cm³/mol. The average Bonchev–Trinajstić information content (AvgIpc) is 2.84. The summed E-state index contributed by atoms with van der Waals surface area (Å²) in [6.45, 7) is 2.31. The first-order valence-electron chi connectivity index (χ1n) is 6.04. The molecule has 4 N–H and O–H groups in total. The Morgan fingerprint density at radius 2 is 2.17 bits per heavy atom. The molecule has 0 bridgehead atoms. The summed E-state index contributed by atoms with van der Waals surface area (Å²) in [5.74, 6) is -0.286. The Morgan fingerprint density at radius 1 is 1.39 bits per heavy atom. The van der Waals surface area contributed by atoms with Gasteiger partial charge in [-0.25, -0.2) is 0 Å². The number of hydrogen-bond acceptors (Lipinski definition) is 4. The highest BCUT2D eigenvalue weighted by molar-refractivity contribution is 7.17. The van der Waals surface area contributed by atoms with E-state index in [-0.39, 0.29) is 11.8 Å². The molecule has 0 unspecified atom stereocenters. The molecular weight excluding hydrogens is 250 g/mol. The summed E-state index contributed by atoms with van der Waals surface area (Å²) in [6, 6.07) is 0. The van der Waals surface area contributed by atoms with E-state index in [4.69, 9.17) is 5.73 Å². The Hall–Kier alpha value is -1.40. The third kappa shape index (κ3) is 2.54. The van der Waals surface area contributed by atoms with Crippen molar-refractivity contribution in [3.8, 4) is 0 Å². The van der Waals surface area contributed by atoms with Crippen LogP contribution in [0, 0.1) is 0 Å². The zero-order valence-electron chi connectivity index (χ0n) is 10.3. The Bertz CT molecular complexity index is 482. The summed E-state index contributed by atoms with van der Waals surface area (Å²) in [7, 11) is 0. The minimum Gasteiger partial charge on any atom is -0.351 e. The molecule has 2 amide bonds. The van der Waals surface area contributed by atoms with E-state index in [0.717, 1.165) is 24.8 Å². The largest absolute Gasteiger partial charge is 0.351 e. The van der Waals surface area contributed by atoms with Gasteiger partial charge in [-0.1, -0.05) is 0 Å². The summed E-state index contributed by atoms with van der Waals surface area (Å²) in [6.07, 6.45) is 2.99. The van der Waals surface area contributed by atoms with Crippen LogP contribution in [0.5, 0.6) is 0 Å². The molecule has 0 atom stereocenters. The van der Waals surface area contributed by atoms with Crippen molar-refractivity contribution in [2.75, 3.05) is 18.4 Å². The first-order chi connectivity index (χ1) is 8.63.